The molecule has 0 fully saturated rings. The van der Waals surface area contributed by atoms with Gasteiger partial charge in [0.2, 0.25) is 5.95 Å². The van der Waals surface area contributed by atoms with Crippen LogP contribution in [-0.4, -0.2) is 21.1 Å². The lowest BCUT2D eigenvalue weighted by Gasteiger charge is -2.18. The lowest BCUT2D eigenvalue weighted by molar-refractivity contribution is 0.596. The molecule has 2 aromatic carbocycles. The molecule has 0 saturated heterocycles. The van der Waals surface area contributed by atoms with Crippen molar-refractivity contribution < 1.29 is 8.78 Å². The summed E-state index contributed by atoms with van der Waals surface area (Å²) >= 11 is 0.543. The number of hydrogen-bond acceptors (Lipinski definition) is 7. The first-order valence-corrected chi connectivity index (χ1v) is 11.6. The van der Waals surface area contributed by atoms with Gasteiger partial charge in [0.15, 0.2) is 5.82 Å². The molecule has 0 aliphatic carbocycles. The molecule has 174 valence electrons. The van der Waals surface area contributed by atoms with Gasteiger partial charge in [-0.15, -0.1) is 0 Å². The fourth-order valence-corrected chi connectivity index (χ4v) is 4.96. The Balaban J connectivity index is 1.59. The van der Waals surface area contributed by atoms with Crippen molar-refractivity contribution in [3.63, 3.8) is 0 Å². The maximum Gasteiger partial charge on any atom is 0.309 e. The lowest BCUT2D eigenvalue weighted by Crippen LogP contribution is -2.33. The number of nitrogens with one attached hydrogen (secondary N) is 2. The minimum Gasteiger partial charge on any atom is -0.324 e. The Kier molecular flexibility index (Phi) is 5.70. The number of benzene rings is 2. The number of anilines is 2. The van der Waals surface area contributed by atoms with Crippen LogP contribution in [0.15, 0.2) is 46.1 Å². The van der Waals surface area contributed by atoms with Gasteiger partial charge in [0.1, 0.15) is 11.5 Å². The van der Waals surface area contributed by atoms with Crippen LogP contribution in [-0.2, 0) is 13.0 Å². The van der Waals surface area contributed by atoms with Gasteiger partial charge in [-0.25, -0.2) is 18.7 Å². The number of aromatic nitrogens is 3. The van der Waals surface area contributed by atoms with Gasteiger partial charge in [-0.1, -0.05) is 17.4 Å². The van der Waals surface area contributed by atoms with Crippen molar-refractivity contribution in [3.05, 3.63) is 79.2 Å². The molecule has 5 rings (SSSR count). The third-order valence-corrected chi connectivity index (χ3v) is 6.72. The quantitative estimate of drug-likeness (QED) is 0.426. The second-order valence-electron chi connectivity index (χ2n) is 8.39. The molecule has 7 nitrogen and oxygen atoms in total. The number of nitrogens with zero attached hydrogens (tertiary/aromatic N) is 3. The Morgan fingerprint density at radius 1 is 1.12 bits per heavy atom. The highest BCUT2D eigenvalue weighted by molar-refractivity contribution is 7.16. The van der Waals surface area contributed by atoms with Crippen LogP contribution in [0.5, 0.6) is 0 Å². The van der Waals surface area contributed by atoms with Crippen molar-refractivity contribution in [3.8, 4) is 11.3 Å². The van der Waals surface area contributed by atoms with E-state index < -0.39 is 28.0 Å². The average Bonchev–Trinajstić information content (AvgIpc) is 2.81. The van der Waals surface area contributed by atoms with Gasteiger partial charge >= 0.3 is 5.56 Å². The van der Waals surface area contributed by atoms with Gasteiger partial charge < -0.3 is 15.2 Å². The highest BCUT2D eigenvalue weighted by atomic mass is 32.1. The van der Waals surface area contributed by atoms with E-state index in [1.165, 1.54) is 21.8 Å². The number of fused-ring (bicyclic) bond motifs is 2. The summed E-state index contributed by atoms with van der Waals surface area (Å²) in [6.45, 7) is 5.14. The van der Waals surface area contributed by atoms with Gasteiger partial charge in [-0.3, -0.25) is 9.59 Å². The van der Waals surface area contributed by atoms with E-state index in [9.17, 15) is 18.4 Å². The lowest BCUT2D eigenvalue weighted by atomic mass is 10.0. The second kappa shape index (κ2) is 8.69. The van der Waals surface area contributed by atoms with Crippen LogP contribution in [0, 0.1) is 11.6 Å². The maximum absolute atomic E-state index is 15.0. The Bertz CT molecular complexity index is 1550. The highest BCUT2D eigenvalue weighted by Gasteiger charge is 2.18. The van der Waals surface area contributed by atoms with E-state index in [4.69, 9.17) is 0 Å². The van der Waals surface area contributed by atoms with Crippen molar-refractivity contribution >= 4 is 33.2 Å². The highest BCUT2D eigenvalue weighted by Crippen LogP contribution is 2.30. The number of rotatable bonds is 4. The molecule has 0 atom stereocenters. The van der Waals surface area contributed by atoms with Crippen LogP contribution in [0.2, 0.25) is 0 Å². The molecule has 0 unspecified atom stereocenters. The van der Waals surface area contributed by atoms with Crippen LogP contribution in [0.4, 0.5) is 20.4 Å². The van der Waals surface area contributed by atoms with Crippen molar-refractivity contribution in [2.24, 2.45) is 0 Å². The topological polar surface area (TPSA) is 88.9 Å². The summed E-state index contributed by atoms with van der Waals surface area (Å²) in [6.07, 6.45) is 1.97. The van der Waals surface area contributed by atoms with Crippen LogP contribution in [0.25, 0.3) is 21.5 Å². The van der Waals surface area contributed by atoms with Crippen molar-refractivity contribution in [1.82, 2.24) is 19.9 Å². The number of hydrogen-bond donors (Lipinski definition) is 2. The average molecular weight is 482 g/mol. The maximum atomic E-state index is 15.0. The molecule has 0 amide bonds. The molecular formula is C24H21F2N5O2S. The first-order valence-electron chi connectivity index (χ1n) is 10.8. The van der Waals surface area contributed by atoms with Crippen LogP contribution in [0.1, 0.15) is 31.0 Å². The molecule has 2 aromatic heterocycles. The molecule has 2 N–H and O–H groups in total. The SMILES string of the molecule is CC(C)n1c(=O)c(=O)sc2c(F)cc(-c3nc(Nc4ccc5c(c4)CNCC5)ncc3F)cc21. The zero-order valence-corrected chi connectivity index (χ0v) is 19.3. The van der Waals surface area contributed by atoms with E-state index >= 15 is 0 Å². The van der Waals surface area contributed by atoms with Gasteiger partial charge in [-0.2, -0.15) is 0 Å². The minimum atomic E-state index is -0.757. The molecule has 4 aromatic rings. The molecule has 0 saturated carbocycles. The summed E-state index contributed by atoms with van der Waals surface area (Å²) in [5.74, 6) is -1.31. The fraction of sp³-hybridized carbons (Fsp3) is 0.250. The Labute approximate surface area is 197 Å². The first kappa shape index (κ1) is 22.3. The van der Waals surface area contributed by atoms with E-state index in [-0.39, 0.29) is 27.4 Å². The molecule has 3 heterocycles. The molecule has 34 heavy (non-hydrogen) atoms. The van der Waals surface area contributed by atoms with E-state index in [0.717, 1.165) is 37.5 Å². The summed E-state index contributed by atoms with van der Waals surface area (Å²) in [5, 5.41) is 6.41. The van der Waals surface area contributed by atoms with E-state index in [1.807, 2.05) is 18.2 Å². The summed E-state index contributed by atoms with van der Waals surface area (Å²) in [4.78, 5) is 32.8. The van der Waals surface area contributed by atoms with Crippen molar-refractivity contribution in [2.45, 2.75) is 32.9 Å². The van der Waals surface area contributed by atoms with Crippen molar-refractivity contribution in [2.75, 3.05) is 11.9 Å². The minimum absolute atomic E-state index is 0.0394. The molecule has 0 bridgehead atoms. The Morgan fingerprint density at radius 3 is 2.74 bits per heavy atom. The molecule has 1 aliphatic rings. The van der Waals surface area contributed by atoms with Crippen LogP contribution in [0.3, 0.4) is 0 Å². The van der Waals surface area contributed by atoms with E-state index in [0.29, 0.717) is 11.3 Å². The summed E-state index contributed by atoms with van der Waals surface area (Å²) < 4.78 is 30.3. The van der Waals surface area contributed by atoms with Crippen LogP contribution >= 0.6 is 11.3 Å². The first-order chi connectivity index (χ1) is 16.3. The standard InChI is InChI=1S/C24H21F2N5O2S/c1-12(2)31-19-9-14(8-17(25)21(19)34-23(33)22(31)32)20-18(26)11-28-24(30-20)29-16-4-3-13-5-6-27-10-15(13)7-16/h3-4,7-9,11-12,27H,5-6,10H2,1-2H3,(H,28,29,30). The van der Waals surface area contributed by atoms with E-state index in [2.05, 4.69) is 20.6 Å². The van der Waals surface area contributed by atoms with Gasteiger partial charge in [-0.05, 0) is 62.2 Å². The van der Waals surface area contributed by atoms with Gasteiger partial charge in [0, 0.05) is 23.8 Å². The number of halogens is 2. The van der Waals surface area contributed by atoms with Crippen LogP contribution < -0.4 is 20.9 Å². The molecule has 1 aliphatic heterocycles. The molecule has 0 radical (unpaired) electrons. The Hall–Kier alpha value is -3.50. The summed E-state index contributed by atoms with van der Waals surface area (Å²) in [7, 11) is 0. The van der Waals surface area contributed by atoms with Gasteiger partial charge in [0.25, 0.3) is 4.74 Å². The third kappa shape index (κ3) is 3.99. The predicted molar refractivity (Wildman–Crippen MR) is 129 cm³/mol. The molecule has 10 heteroatoms. The van der Waals surface area contributed by atoms with Crippen molar-refractivity contribution in [1.29, 1.82) is 0 Å². The normalized spacial score (nSPS) is 13.3. The van der Waals surface area contributed by atoms with Gasteiger partial charge in [0.05, 0.1) is 16.4 Å². The summed E-state index contributed by atoms with van der Waals surface area (Å²) in [5.41, 5.74) is 2.70. The summed E-state index contributed by atoms with van der Waals surface area (Å²) in [6, 6.07) is 8.15. The molecular weight excluding hydrogens is 460 g/mol. The van der Waals surface area contributed by atoms with E-state index in [1.54, 1.807) is 13.8 Å². The predicted octanol–water partition coefficient (Wildman–Crippen LogP) is 4.13. The fourth-order valence-electron chi connectivity index (χ4n) is 4.17. The zero-order valence-electron chi connectivity index (χ0n) is 18.5. The largest absolute Gasteiger partial charge is 0.324 e. The smallest absolute Gasteiger partial charge is 0.309 e. The molecule has 0 spiro atoms. The second-order valence-corrected chi connectivity index (χ2v) is 9.37. The monoisotopic (exact) mass is 481 g/mol. The third-order valence-electron chi connectivity index (χ3n) is 5.75. The zero-order chi connectivity index (χ0) is 24.0. The Morgan fingerprint density at radius 2 is 1.94 bits per heavy atom.